The van der Waals surface area contributed by atoms with Crippen molar-refractivity contribution < 1.29 is 23.6 Å². The first-order chi connectivity index (χ1) is 15.7. The number of anilines is 2. The molecule has 1 aliphatic heterocycles. The number of ether oxygens (including phenoxy) is 2. The monoisotopic (exact) mass is 459 g/mol. The number of rotatable bonds is 3. The summed E-state index contributed by atoms with van der Waals surface area (Å²) < 4.78 is 16.7. The van der Waals surface area contributed by atoms with Crippen LogP contribution in [0.15, 0.2) is 22.7 Å². The number of hydrogen-bond acceptors (Lipinski definition) is 7. The number of aryl methyl sites for hydroxylation is 2. The van der Waals surface area contributed by atoms with Crippen LogP contribution in [0.25, 0.3) is 0 Å². The van der Waals surface area contributed by atoms with E-state index in [1.807, 2.05) is 6.92 Å². The minimum atomic E-state index is -0.467. The van der Waals surface area contributed by atoms with Gasteiger partial charge in [-0.25, -0.2) is 4.79 Å². The number of amides is 3. The van der Waals surface area contributed by atoms with Crippen molar-refractivity contribution in [1.29, 1.82) is 0 Å². The van der Waals surface area contributed by atoms with Crippen LogP contribution < -0.4 is 20.7 Å². The lowest BCUT2D eigenvalue weighted by Crippen LogP contribution is -2.44. The number of urea groups is 1. The molecule has 3 atom stereocenters. The molecule has 10 heteroatoms. The molecule has 2 heterocycles. The smallest absolute Gasteiger partial charge is 0.323 e. The third-order valence-electron chi connectivity index (χ3n) is 5.75. The van der Waals surface area contributed by atoms with Crippen LogP contribution in [0.1, 0.15) is 35.7 Å². The Morgan fingerprint density at radius 3 is 2.70 bits per heavy atom. The number of benzene rings is 1. The van der Waals surface area contributed by atoms with Crippen molar-refractivity contribution >= 4 is 23.3 Å². The number of carbonyl (C=O) groups excluding carboxylic acids is 2. The molecule has 33 heavy (non-hydrogen) atoms. The van der Waals surface area contributed by atoms with Gasteiger partial charge in [-0.1, -0.05) is 12.1 Å². The molecule has 2 aromatic rings. The third kappa shape index (κ3) is 6.02. The van der Waals surface area contributed by atoms with Gasteiger partial charge in [0.1, 0.15) is 23.7 Å². The molecule has 1 aromatic carbocycles. The van der Waals surface area contributed by atoms with Crippen LogP contribution in [0.5, 0.6) is 5.75 Å². The Morgan fingerprint density at radius 1 is 1.27 bits per heavy atom. The second kappa shape index (κ2) is 10.7. The lowest BCUT2D eigenvalue weighted by atomic mass is 10.0. The van der Waals surface area contributed by atoms with Gasteiger partial charge < -0.3 is 34.8 Å². The van der Waals surface area contributed by atoms with Crippen molar-refractivity contribution in [3.05, 3.63) is 35.2 Å². The van der Waals surface area contributed by atoms with E-state index in [0.29, 0.717) is 47.3 Å². The Bertz CT molecular complexity index is 972. The molecule has 1 aliphatic rings. The first kappa shape index (κ1) is 24.5. The van der Waals surface area contributed by atoms with E-state index in [-0.39, 0.29) is 24.0 Å². The summed E-state index contributed by atoms with van der Waals surface area (Å²) >= 11 is 0. The SMILES string of the molecule is CO[C@@H]1CN(C)C(=O)c2cc(NC(=O)Nc3c(C)noc3C)ccc2OC[C@H](C)NC[C@H]1C. The molecule has 10 nitrogen and oxygen atoms in total. The molecule has 0 saturated heterocycles. The van der Waals surface area contributed by atoms with Crippen molar-refractivity contribution in [3.63, 3.8) is 0 Å². The van der Waals surface area contributed by atoms with Crippen molar-refractivity contribution in [2.75, 3.05) is 44.5 Å². The second-order valence-electron chi connectivity index (χ2n) is 8.55. The lowest BCUT2D eigenvalue weighted by molar-refractivity contribution is 0.0281. The highest BCUT2D eigenvalue weighted by atomic mass is 16.5. The fourth-order valence-corrected chi connectivity index (χ4v) is 3.68. The Hall–Kier alpha value is -3.11. The molecule has 0 saturated carbocycles. The number of nitrogens with one attached hydrogen (secondary N) is 3. The predicted molar refractivity (Wildman–Crippen MR) is 125 cm³/mol. The van der Waals surface area contributed by atoms with Gasteiger partial charge in [0.05, 0.1) is 11.7 Å². The van der Waals surface area contributed by atoms with Crippen molar-refractivity contribution in [1.82, 2.24) is 15.4 Å². The van der Waals surface area contributed by atoms with E-state index in [9.17, 15) is 9.59 Å². The van der Waals surface area contributed by atoms with Crippen LogP contribution in [0.2, 0.25) is 0 Å². The van der Waals surface area contributed by atoms with Gasteiger partial charge in [0.2, 0.25) is 0 Å². The molecule has 0 spiro atoms. The molecule has 180 valence electrons. The Morgan fingerprint density at radius 2 is 2.03 bits per heavy atom. The number of hydrogen-bond donors (Lipinski definition) is 3. The number of carbonyl (C=O) groups is 2. The molecule has 1 aromatic heterocycles. The van der Waals surface area contributed by atoms with E-state index in [2.05, 4.69) is 28.0 Å². The minimum absolute atomic E-state index is 0.0868. The fourth-order valence-electron chi connectivity index (χ4n) is 3.68. The van der Waals surface area contributed by atoms with Gasteiger partial charge in [0.15, 0.2) is 5.76 Å². The van der Waals surface area contributed by atoms with E-state index < -0.39 is 6.03 Å². The second-order valence-corrected chi connectivity index (χ2v) is 8.55. The van der Waals surface area contributed by atoms with Gasteiger partial charge in [-0.05, 0) is 44.9 Å². The number of aromatic nitrogens is 1. The zero-order chi connectivity index (χ0) is 24.1. The van der Waals surface area contributed by atoms with E-state index in [1.165, 1.54) is 0 Å². The van der Waals surface area contributed by atoms with Crippen LogP contribution in [-0.4, -0.2) is 68.0 Å². The van der Waals surface area contributed by atoms with Gasteiger partial charge in [-0.15, -0.1) is 0 Å². The van der Waals surface area contributed by atoms with Crippen LogP contribution in [-0.2, 0) is 4.74 Å². The maximum atomic E-state index is 13.3. The lowest BCUT2D eigenvalue weighted by Gasteiger charge is -2.30. The van der Waals surface area contributed by atoms with Crippen molar-refractivity contribution in [2.45, 2.75) is 39.8 Å². The zero-order valence-corrected chi connectivity index (χ0v) is 20.0. The average molecular weight is 460 g/mol. The molecule has 3 rings (SSSR count). The number of methoxy groups -OCH3 is 1. The van der Waals surface area contributed by atoms with E-state index >= 15 is 0 Å². The van der Waals surface area contributed by atoms with E-state index in [4.69, 9.17) is 14.0 Å². The molecular formula is C23H33N5O5. The maximum Gasteiger partial charge on any atom is 0.323 e. The molecule has 0 unspecified atom stereocenters. The first-order valence-corrected chi connectivity index (χ1v) is 11.0. The number of fused-ring (bicyclic) bond motifs is 1. The number of likely N-dealkylation sites (N-methyl/N-ethyl adjacent to an activating group) is 1. The summed E-state index contributed by atoms with van der Waals surface area (Å²) in [7, 11) is 3.39. The topological polar surface area (TPSA) is 118 Å². The summed E-state index contributed by atoms with van der Waals surface area (Å²) in [6, 6.07) is 4.63. The fraction of sp³-hybridized carbons (Fsp3) is 0.522. The largest absolute Gasteiger partial charge is 0.491 e. The summed E-state index contributed by atoms with van der Waals surface area (Å²) in [5.74, 6) is 0.956. The van der Waals surface area contributed by atoms with E-state index in [0.717, 1.165) is 6.54 Å². The highest BCUT2D eigenvalue weighted by Gasteiger charge is 2.25. The summed E-state index contributed by atoms with van der Waals surface area (Å²) in [4.78, 5) is 27.5. The van der Waals surface area contributed by atoms with Crippen LogP contribution in [0, 0.1) is 19.8 Å². The summed E-state index contributed by atoms with van der Waals surface area (Å²) in [6.07, 6.45) is -0.121. The van der Waals surface area contributed by atoms with Gasteiger partial charge in [0.25, 0.3) is 5.91 Å². The quantitative estimate of drug-likeness (QED) is 0.646. The molecule has 0 fully saturated rings. The molecular weight excluding hydrogens is 426 g/mol. The van der Waals surface area contributed by atoms with Crippen molar-refractivity contribution in [3.8, 4) is 5.75 Å². The molecule has 3 N–H and O–H groups in total. The van der Waals surface area contributed by atoms with Gasteiger partial charge in [0, 0.05) is 39.0 Å². The molecule has 0 aliphatic carbocycles. The number of nitrogens with zero attached hydrogens (tertiary/aromatic N) is 2. The first-order valence-electron chi connectivity index (χ1n) is 11.0. The van der Waals surface area contributed by atoms with Crippen LogP contribution in [0.3, 0.4) is 0 Å². The van der Waals surface area contributed by atoms with Gasteiger partial charge in [-0.3, -0.25) is 4.79 Å². The van der Waals surface area contributed by atoms with Gasteiger partial charge in [-0.2, -0.15) is 0 Å². The highest BCUT2D eigenvalue weighted by molar-refractivity contribution is 6.02. The maximum absolute atomic E-state index is 13.3. The Balaban J connectivity index is 1.84. The molecule has 0 radical (unpaired) electrons. The van der Waals surface area contributed by atoms with Crippen molar-refractivity contribution in [2.24, 2.45) is 5.92 Å². The zero-order valence-electron chi connectivity index (χ0n) is 20.0. The van der Waals surface area contributed by atoms with Gasteiger partial charge >= 0.3 is 6.03 Å². The average Bonchev–Trinajstić information content (AvgIpc) is 3.10. The molecule has 0 bridgehead atoms. The Kier molecular flexibility index (Phi) is 7.93. The highest BCUT2D eigenvalue weighted by Crippen LogP contribution is 2.26. The predicted octanol–water partition coefficient (Wildman–Crippen LogP) is 3.03. The standard InChI is InChI=1S/C23H33N5O5/c1-13-10-24-14(2)12-32-19-8-7-17(9-18(19)22(29)28(5)11-20(13)31-6)25-23(30)26-21-15(3)27-33-16(21)4/h7-9,13-14,20,24H,10-12H2,1-6H3,(H2,25,26,30)/t13-,14+,20-/m1/s1. The normalized spacial score (nSPS) is 21.9. The molecule has 3 amide bonds. The van der Waals surface area contributed by atoms with Crippen LogP contribution >= 0.6 is 0 Å². The van der Waals surface area contributed by atoms with Crippen LogP contribution in [0.4, 0.5) is 16.2 Å². The third-order valence-corrected chi connectivity index (χ3v) is 5.75. The Labute approximate surface area is 194 Å². The summed E-state index contributed by atoms with van der Waals surface area (Å²) in [5, 5.41) is 12.8. The summed E-state index contributed by atoms with van der Waals surface area (Å²) in [5.41, 5.74) is 1.91. The van der Waals surface area contributed by atoms with E-state index in [1.54, 1.807) is 51.1 Å². The minimum Gasteiger partial charge on any atom is -0.491 e. The summed E-state index contributed by atoms with van der Waals surface area (Å²) in [6.45, 7) is 9.15.